The van der Waals surface area contributed by atoms with Gasteiger partial charge in [-0.15, -0.1) is 0 Å². The molecule has 1 aromatic heterocycles. The number of rotatable bonds is 4. The van der Waals surface area contributed by atoms with Crippen LogP contribution in [0.15, 0.2) is 24.4 Å². The summed E-state index contributed by atoms with van der Waals surface area (Å²) in [6, 6.07) is 6.18. The minimum Gasteiger partial charge on any atom is -0.469 e. The average molecular weight is 277 g/mol. The van der Waals surface area contributed by atoms with E-state index in [1.165, 1.54) is 7.11 Å². The van der Waals surface area contributed by atoms with E-state index in [0.717, 1.165) is 32.0 Å². The second-order valence-electron chi connectivity index (χ2n) is 5.26. The number of hydrogen-bond donors (Lipinski definition) is 0. The maximum absolute atomic E-state index is 11.6. The first-order valence-electron chi connectivity index (χ1n) is 7.11. The number of carbonyl (C=O) groups excluding carboxylic acids is 1. The summed E-state index contributed by atoms with van der Waals surface area (Å²) in [4.78, 5) is 20.6. The zero-order valence-electron chi connectivity index (χ0n) is 12.5. The molecule has 5 heteroatoms. The van der Waals surface area contributed by atoms with Crippen molar-refractivity contribution >= 4 is 11.8 Å². The molecule has 1 saturated heterocycles. The summed E-state index contributed by atoms with van der Waals surface area (Å²) < 4.78 is 4.83. The van der Waals surface area contributed by atoms with E-state index in [4.69, 9.17) is 4.74 Å². The molecule has 0 N–H and O–H groups in total. The van der Waals surface area contributed by atoms with E-state index >= 15 is 0 Å². The Kier molecular flexibility index (Phi) is 4.95. The standard InChI is InChI=1S/C15H23N3O2/c1-12(15(19)20-3)13(2)17-8-10-18(11-9-17)14-6-4-5-7-16-14/h4-7,12-13H,8-11H2,1-3H3. The van der Waals surface area contributed by atoms with Crippen LogP contribution in [0.3, 0.4) is 0 Å². The van der Waals surface area contributed by atoms with Crippen LogP contribution in [0.2, 0.25) is 0 Å². The van der Waals surface area contributed by atoms with Crippen molar-refractivity contribution in [1.29, 1.82) is 0 Å². The molecule has 1 aromatic rings. The highest BCUT2D eigenvalue weighted by Gasteiger charge is 2.29. The monoisotopic (exact) mass is 277 g/mol. The van der Waals surface area contributed by atoms with Crippen LogP contribution < -0.4 is 4.90 Å². The molecular formula is C15H23N3O2. The summed E-state index contributed by atoms with van der Waals surface area (Å²) >= 11 is 0. The third kappa shape index (κ3) is 3.28. The molecule has 2 atom stereocenters. The van der Waals surface area contributed by atoms with Crippen LogP contribution in [0.1, 0.15) is 13.8 Å². The van der Waals surface area contributed by atoms with Crippen molar-refractivity contribution in [2.45, 2.75) is 19.9 Å². The third-order valence-corrected chi connectivity index (χ3v) is 4.16. The number of nitrogens with zero attached hydrogens (tertiary/aromatic N) is 3. The van der Waals surface area contributed by atoms with Crippen LogP contribution in [-0.2, 0) is 9.53 Å². The van der Waals surface area contributed by atoms with Gasteiger partial charge in [-0.1, -0.05) is 13.0 Å². The molecule has 0 aliphatic carbocycles. The van der Waals surface area contributed by atoms with Gasteiger partial charge in [0.25, 0.3) is 0 Å². The molecule has 1 aliphatic rings. The normalized spacial score (nSPS) is 19.4. The lowest BCUT2D eigenvalue weighted by molar-refractivity contribution is -0.147. The molecule has 2 unspecified atom stereocenters. The fourth-order valence-electron chi connectivity index (χ4n) is 2.60. The van der Waals surface area contributed by atoms with Crippen molar-refractivity contribution in [2.24, 2.45) is 5.92 Å². The Morgan fingerprint density at radius 1 is 1.25 bits per heavy atom. The Labute approximate surface area is 120 Å². The number of methoxy groups -OCH3 is 1. The lowest BCUT2D eigenvalue weighted by Crippen LogP contribution is -2.52. The highest BCUT2D eigenvalue weighted by molar-refractivity contribution is 5.72. The second-order valence-corrected chi connectivity index (χ2v) is 5.26. The summed E-state index contributed by atoms with van der Waals surface area (Å²) in [6.07, 6.45) is 1.82. The van der Waals surface area contributed by atoms with Gasteiger partial charge in [-0.25, -0.2) is 4.98 Å². The number of piperazine rings is 1. The number of hydrogen-bond acceptors (Lipinski definition) is 5. The largest absolute Gasteiger partial charge is 0.469 e. The molecule has 5 nitrogen and oxygen atoms in total. The number of carbonyl (C=O) groups is 1. The van der Waals surface area contributed by atoms with Crippen molar-refractivity contribution in [1.82, 2.24) is 9.88 Å². The van der Waals surface area contributed by atoms with Crippen molar-refractivity contribution in [3.05, 3.63) is 24.4 Å². The Morgan fingerprint density at radius 2 is 1.95 bits per heavy atom. The smallest absolute Gasteiger partial charge is 0.309 e. The first kappa shape index (κ1) is 14.8. The molecule has 0 saturated carbocycles. The first-order chi connectivity index (χ1) is 9.63. The van der Waals surface area contributed by atoms with Crippen LogP contribution in [0, 0.1) is 5.92 Å². The molecular weight excluding hydrogens is 254 g/mol. The van der Waals surface area contributed by atoms with Crippen molar-refractivity contribution in [3.8, 4) is 0 Å². The third-order valence-electron chi connectivity index (χ3n) is 4.16. The summed E-state index contributed by atoms with van der Waals surface area (Å²) in [5, 5.41) is 0. The molecule has 0 amide bonds. The predicted molar refractivity (Wildman–Crippen MR) is 78.7 cm³/mol. The van der Waals surface area contributed by atoms with E-state index in [0.29, 0.717) is 0 Å². The van der Waals surface area contributed by atoms with Crippen LogP contribution in [0.4, 0.5) is 5.82 Å². The molecule has 0 spiro atoms. The quantitative estimate of drug-likeness (QED) is 0.779. The van der Waals surface area contributed by atoms with Gasteiger partial charge in [0.1, 0.15) is 5.82 Å². The summed E-state index contributed by atoms with van der Waals surface area (Å²) in [5.41, 5.74) is 0. The number of anilines is 1. The summed E-state index contributed by atoms with van der Waals surface area (Å²) in [7, 11) is 1.45. The summed E-state index contributed by atoms with van der Waals surface area (Å²) in [6.45, 7) is 7.79. The van der Waals surface area contributed by atoms with Crippen molar-refractivity contribution < 1.29 is 9.53 Å². The summed E-state index contributed by atoms with van der Waals surface area (Å²) in [5.74, 6) is 0.798. The molecule has 1 aliphatic heterocycles. The predicted octanol–water partition coefficient (Wildman–Crippen LogP) is 1.40. The fourth-order valence-corrected chi connectivity index (χ4v) is 2.60. The zero-order chi connectivity index (χ0) is 14.5. The molecule has 2 rings (SSSR count). The Balaban J connectivity index is 1.89. The van der Waals surface area contributed by atoms with Gasteiger partial charge in [-0.3, -0.25) is 9.69 Å². The van der Waals surface area contributed by atoms with Gasteiger partial charge >= 0.3 is 5.97 Å². The first-order valence-corrected chi connectivity index (χ1v) is 7.11. The number of aromatic nitrogens is 1. The number of esters is 1. The van der Waals surface area contributed by atoms with Gasteiger partial charge < -0.3 is 9.64 Å². The van der Waals surface area contributed by atoms with Crippen LogP contribution >= 0.6 is 0 Å². The average Bonchev–Trinajstić information content (AvgIpc) is 2.53. The van der Waals surface area contributed by atoms with E-state index in [9.17, 15) is 4.79 Å². The maximum atomic E-state index is 11.6. The van der Waals surface area contributed by atoms with E-state index in [2.05, 4.69) is 21.7 Å². The van der Waals surface area contributed by atoms with E-state index in [-0.39, 0.29) is 17.9 Å². The lowest BCUT2D eigenvalue weighted by atomic mass is 10.0. The van der Waals surface area contributed by atoms with E-state index in [1.807, 2.05) is 31.3 Å². The highest BCUT2D eigenvalue weighted by atomic mass is 16.5. The van der Waals surface area contributed by atoms with Gasteiger partial charge in [0, 0.05) is 38.4 Å². The van der Waals surface area contributed by atoms with Gasteiger partial charge in [0.05, 0.1) is 13.0 Å². The molecule has 2 heterocycles. The van der Waals surface area contributed by atoms with E-state index < -0.39 is 0 Å². The maximum Gasteiger partial charge on any atom is 0.309 e. The van der Waals surface area contributed by atoms with Gasteiger partial charge in [-0.2, -0.15) is 0 Å². The Hall–Kier alpha value is -1.62. The highest BCUT2D eigenvalue weighted by Crippen LogP contribution is 2.17. The van der Waals surface area contributed by atoms with Crippen LogP contribution in [-0.4, -0.2) is 55.2 Å². The SMILES string of the molecule is COC(=O)C(C)C(C)N1CCN(c2ccccn2)CC1. The minimum atomic E-state index is -0.135. The van der Waals surface area contributed by atoms with Gasteiger partial charge in [0.15, 0.2) is 0 Å². The molecule has 0 aromatic carbocycles. The van der Waals surface area contributed by atoms with E-state index in [1.54, 1.807) is 0 Å². The fraction of sp³-hybridized carbons (Fsp3) is 0.600. The van der Waals surface area contributed by atoms with Gasteiger partial charge in [-0.05, 0) is 19.1 Å². The Morgan fingerprint density at radius 3 is 2.50 bits per heavy atom. The Bertz CT molecular complexity index is 430. The van der Waals surface area contributed by atoms with Gasteiger partial charge in [0.2, 0.25) is 0 Å². The zero-order valence-corrected chi connectivity index (χ0v) is 12.5. The number of pyridine rings is 1. The molecule has 20 heavy (non-hydrogen) atoms. The molecule has 0 bridgehead atoms. The molecule has 0 radical (unpaired) electrons. The van der Waals surface area contributed by atoms with Crippen molar-refractivity contribution in [2.75, 3.05) is 38.2 Å². The minimum absolute atomic E-state index is 0.0959. The second kappa shape index (κ2) is 6.70. The lowest BCUT2D eigenvalue weighted by Gasteiger charge is -2.39. The molecule has 110 valence electrons. The van der Waals surface area contributed by atoms with Crippen LogP contribution in [0.5, 0.6) is 0 Å². The number of ether oxygens (including phenoxy) is 1. The van der Waals surface area contributed by atoms with Crippen molar-refractivity contribution in [3.63, 3.8) is 0 Å². The molecule has 1 fully saturated rings. The van der Waals surface area contributed by atoms with Crippen LogP contribution in [0.25, 0.3) is 0 Å². The topological polar surface area (TPSA) is 45.7 Å².